The summed E-state index contributed by atoms with van der Waals surface area (Å²) >= 11 is 7.49. The highest BCUT2D eigenvalue weighted by Gasteiger charge is 2.05. The van der Waals surface area contributed by atoms with Crippen molar-refractivity contribution in [3.05, 3.63) is 59.1 Å². The lowest BCUT2D eigenvalue weighted by Gasteiger charge is -2.06. The number of rotatable bonds is 6. The van der Waals surface area contributed by atoms with Gasteiger partial charge in [-0.15, -0.1) is 11.8 Å². The number of carbonyl (C=O) groups excluding carboxylic acids is 1. The van der Waals surface area contributed by atoms with E-state index in [1.807, 2.05) is 24.3 Å². The molecule has 0 aliphatic rings. The van der Waals surface area contributed by atoms with E-state index in [0.29, 0.717) is 17.1 Å². The fourth-order valence-electron chi connectivity index (χ4n) is 1.76. The van der Waals surface area contributed by atoms with Gasteiger partial charge in [-0.1, -0.05) is 11.6 Å². The average Bonchev–Trinajstić information content (AvgIpc) is 2.53. The van der Waals surface area contributed by atoms with Gasteiger partial charge in [-0.25, -0.2) is 0 Å². The van der Waals surface area contributed by atoms with E-state index < -0.39 is 10.8 Å². The second-order valence-electron chi connectivity index (χ2n) is 4.54. The Morgan fingerprint density at radius 1 is 1.14 bits per heavy atom. The van der Waals surface area contributed by atoms with E-state index in [9.17, 15) is 9.00 Å². The molecule has 116 valence electrons. The highest BCUT2D eigenvalue weighted by molar-refractivity contribution is 7.99. The Labute approximate surface area is 141 Å². The number of carbonyl (C=O) groups is 1. The van der Waals surface area contributed by atoms with Gasteiger partial charge in [-0.3, -0.25) is 9.00 Å². The molecule has 0 spiro atoms. The molecule has 0 bridgehead atoms. The number of hydrogen-bond donors (Lipinski definition) is 1. The minimum absolute atomic E-state index is 0.120. The van der Waals surface area contributed by atoms with Crippen molar-refractivity contribution in [1.29, 1.82) is 0 Å². The zero-order valence-electron chi connectivity index (χ0n) is 12.0. The van der Waals surface area contributed by atoms with Crippen LogP contribution in [0, 0.1) is 0 Å². The summed E-state index contributed by atoms with van der Waals surface area (Å²) in [6.45, 7) is 0.577. The van der Waals surface area contributed by atoms with Gasteiger partial charge in [0.15, 0.2) is 0 Å². The molecule has 2 rings (SSSR count). The molecule has 0 saturated carbocycles. The van der Waals surface area contributed by atoms with Crippen molar-refractivity contribution in [2.75, 3.05) is 18.6 Å². The van der Waals surface area contributed by atoms with Gasteiger partial charge in [-0.05, 0) is 48.5 Å². The van der Waals surface area contributed by atoms with Crippen molar-refractivity contribution >= 4 is 40.1 Å². The topological polar surface area (TPSA) is 46.2 Å². The van der Waals surface area contributed by atoms with Gasteiger partial charge in [0.05, 0.1) is 0 Å². The highest BCUT2D eigenvalue weighted by atomic mass is 35.5. The van der Waals surface area contributed by atoms with Gasteiger partial charge >= 0.3 is 0 Å². The van der Waals surface area contributed by atoms with Crippen molar-refractivity contribution in [3.8, 4) is 0 Å². The SMILES string of the molecule is CS(=O)c1ccc(C(=O)NCCSc2ccc(Cl)cc2)cc1. The van der Waals surface area contributed by atoms with Crippen LogP contribution in [-0.4, -0.2) is 28.7 Å². The van der Waals surface area contributed by atoms with Gasteiger partial charge in [-0.2, -0.15) is 0 Å². The van der Waals surface area contributed by atoms with Gasteiger partial charge in [0.1, 0.15) is 0 Å². The Kier molecular flexibility index (Phi) is 6.49. The summed E-state index contributed by atoms with van der Waals surface area (Å²) in [4.78, 5) is 13.8. The molecule has 6 heteroatoms. The minimum atomic E-state index is -1.02. The third-order valence-electron chi connectivity index (χ3n) is 2.92. The molecule has 0 aliphatic carbocycles. The van der Waals surface area contributed by atoms with Crippen LogP contribution in [0.4, 0.5) is 0 Å². The van der Waals surface area contributed by atoms with Crippen LogP contribution in [0.2, 0.25) is 5.02 Å². The van der Waals surface area contributed by atoms with E-state index in [2.05, 4.69) is 5.32 Å². The summed E-state index contributed by atoms with van der Waals surface area (Å²) in [5.41, 5.74) is 0.575. The third kappa shape index (κ3) is 5.16. The first-order chi connectivity index (χ1) is 10.6. The Bertz CT molecular complexity index is 657. The Hall–Kier alpha value is -1.30. The van der Waals surface area contributed by atoms with Crippen molar-refractivity contribution in [2.45, 2.75) is 9.79 Å². The second-order valence-corrected chi connectivity index (χ2v) is 7.52. The predicted molar refractivity (Wildman–Crippen MR) is 93.3 cm³/mol. The summed E-state index contributed by atoms with van der Waals surface area (Å²) in [7, 11) is -1.02. The van der Waals surface area contributed by atoms with Gasteiger partial charge in [0.25, 0.3) is 5.91 Å². The maximum absolute atomic E-state index is 12.0. The smallest absolute Gasteiger partial charge is 0.251 e. The molecule has 1 amide bonds. The zero-order valence-corrected chi connectivity index (χ0v) is 14.4. The van der Waals surface area contributed by atoms with Crippen molar-refractivity contribution in [2.24, 2.45) is 0 Å². The van der Waals surface area contributed by atoms with Crippen LogP contribution >= 0.6 is 23.4 Å². The van der Waals surface area contributed by atoms with E-state index in [4.69, 9.17) is 11.6 Å². The molecule has 0 radical (unpaired) electrons. The van der Waals surface area contributed by atoms with E-state index in [1.165, 1.54) is 0 Å². The quantitative estimate of drug-likeness (QED) is 0.637. The largest absolute Gasteiger partial charge is 0.351 e. The Morgan fingerprint density at radius 2 is 1.77 bits per heavy atom. The monoisotopic (exact) mass is 353 g/mol. The number of hydrogen-bond acceptors (Lipinski definition) is 3. The molecule has 0 heterocycles. The molecule has 1 unspecified atom stereocenters. The van der Waals surface area contributed by atoms with Crippen LogP contribution in [-0.2, 0) is 10.8 Å². The molecule has 0 aromatic heterocycles. The van der Waals surface area contributed by atoms with Crippen LogP contribution in [0.5, 0.6) is 0 Å². The lowest BCUT2D eigenvalue weighted by Crippen LogP contribution is -2.25. The van der Waals surface area contributed by atoms with Crippen LogP contribution in [0.25, 0.3) is 0 Å². The molecule has 1 N–H and O–H groups in total. The Morgan fingerprint density at radius 3 is 2.36 bits per heavy atom. The van der Waals surface area contributed by atoms with E-state index in [-0.39, 0.29) is 5.91 Å². The van der Waals surface area contributed by atoms with Crippen molar-refractivity contribution in [1.82, 2.24) is 5.32 Å². The van der Waals surface area contributed by atoms with Gasteiger partial charge in [0, 0.05) is 49.7 Å². The molecule has 22 heavy (non-hydrogen) atoms. The predicted octanol–water partition coefficient (Wildman–Crippen LogP) is 3.60. The van der Waals surface area contributed by atoms with E-state index in [0.717, 1.165) is 15.5 Å². The fraction of sp³-hybridized carbons (Fsp3) is 0.188. The van der Waals surface area contributed by atoms with Crippen LogP contribution < -0.4 is 5.32 Å². The average molecular weight is 354 g/mol. The summed E-state index contributed by atoms with van der Waals surface area (Å²) in [6.07, 6.45) is 1.61. The van der Waals surface area contributed by atoms with Gasteiger partial charge in [0.2, 0.25) is 0 Å². The lowest BCUT2D eigenvalue weighted by molar-refractivity contribution is 0.0956. The number of benzene rings is 2. The molecular formula is C16H16ClNO2S2. The van der Waals surface area contributed by atoms with Crippen molar-refractivity contribution < 1.29 is 9.00 Å². The first-order valence-corrected chi connectivity index (χ1v) is 9.58. The summed E-state index contributed by atoms with van der Waals surface area (Å²) < 4.78 is 11.3. The normalized spacial score (nSPS) is 11.9. The molecule has 3 nitrogen and oxygen atoms in total. The standard InChI is InChI=1S/C16H16ClNO2S2/c1-22(20)15-8-2-12(3-9-15)16(19)18-10-11-21-14-6-4-13(17)5-7-14/h2-9H,10-11H2,1H3,(H,18,19). The summed E-state index contributed by atoms with van der Waals surface area (Å²) in [6, 6.07) is 14.4. The number of nitrogens with one attached hydrogen (secondary N) is 1. The molecule has 2 aromatic carbocycles. The van der Waals surface area contributed by atoms with E-state index >= 15 is 0 Å². The van der Waals surface area contributed by atoms with Crippen LogP contribution in [0.1, 0.15) is 10.4 Å². The first-order valence-electron chi connectivity index (χ1n) is 6.66. The second kappa shape index (κ2) is 8.36. The fourth-order valence-corrected chi connectivity index (χ4v) is 3.18. The molecular weight excluding hydrogens is 338 g/mol. The van der Waals surface area contributed by atoms with Crippen LogP contribution in [0.15, 0.2) is 58.3 Å². The summed E-state index contributed by atoms with van der Waals surface area (Å²) in [5, 5.41) is 3.58. The zero-order chi connectivity index (χ0) is 15.9. The highest BCUT2D eigenvalue weighted by Crippen LogP contribution is 2.19. The number of thioether (sulfide) groups is 1. The molecule has 0 fully saturated rings. The first kappa shape index (κ1) is 17.1. The van der Waals surface area contributed by atoms with E-state index in [1.54, 1.807) is 42.3 Å². The van der Waals surface area contributed by atoms with Gasteiger partial charge < -0.3 is 5.32 Å². The third-order valence-corrected chi connectivity index (χ3v) is 5.12. The molecule has 2 aromatic rings. The Balaban J connectivity index is 1.77. The lowest BCUT2D eigenvalue weighted by atomic mass is 10.2. The maximum atomic E-state index is 12.0. The summed E-state index contributed by atoms with van der Waals surface area (Å²) in [5.74, 6) is 0.662. The number of halogens is 1. The minimum Gasteiger partial charge on any atom is -0.351 e. The van der Waals surface area contributed by atoms with Crippen molar-refractivity contribution in [3.63, 3.8) is 0 Å². The van der Waals surface area contributed by atoms with Crippen LogP contribution in [0.3, 0.4) is 0 Å². The molecule has 1 atom stereocenters. The maximum Gasteiger partial charge on any atom is 0.251 e. The number of amides is 1. The molecule has 0 aliphatic heterocycles. The molecule has 0 saturated heterocycles.